The molecular weight excluding hydrogens is 487 g/mol. The summed E-state index contributed by atoms with van der Waals surface area (Å²) < 4.78 is 39.2. The number of fused-ring (bicyclic) bond motifs is 1. The summed E-state index contributed by atoms with van der Waals surface area (Å²) in [6.07, 6.45) is -2.43. The van der Waals surface area contributed by atoms with Crippen LogP contribution >= 0.6 is 0 Å². The molecule has 0 aromatic carbocycles. The van der Waals surface area contributed by atoms with Crippen LogP contribution in [-0.4, -0.2) is 53.1 Å². The van der Waals surface area contributed by atoms with Crippen molar-refractivity contribution in [3.05, 3.63) is 0 Å². The predicted octanol–water partition coefficient (Wildman–Crippen LogP) is 4.20. The molecule has 1 N–H and O–H groups in total. The summed E-state index contributed by atoms with van der Waals surface area (Å²) in [4.78, 5) is 52.8. The molecule has 1 unspecified atom stereocenters. The number of alkyl halides is 3. The average molecular weight is 526 g/mol. The maximum atomic E-state index is 13.7. The standard InChI is InChI=1S/C27H38F3N3O4/c1-25(2,3)19(10-21(35)27(28,29)30)24(37)33-14-15-7-6-8-18(15)22(33)23(36)32-17(13-31)9-16-11-26(4,5)12-20(16)34/h15-19,22H,6-12,14H2,1-5H3,(H,32,36)/t15-,16+,17-,18-,19+,22?/m0/s1. The lowest BCUT2D eigenvalue weighted by molar-refractivity contribution is -0.174. The zero-order valence-corrected chi connectivity index (χ0v) is 22.3. The summed E-state index contributed by atoms with van der Waals surface area (Å²) in [5.41, 5.74) is -1.10. The van der Waals surface area contributed by atoms with Crippen LogP contribution in [0.2, 0.25) is 0 Å². The highest BCUT2D eigenvalue weighted by atomic mass is 19.4. The van der Waals surface area contributed by atoms with Gasteiger partial charge in [-0.05, 0) is 48.3 Å². The maximum Gasteiger partial charge on any atom is 0.449 e. The van der Waals surface area contributed by atoms with Crippen LogP contribution in [0.25, 0.3) is 0 Å². The second-order valence-electron chi connectivity index (χ2n) is 13.0. The smallest absolute Gasteiger partial charge is 0.339 e. The van der Waals surface area contributed by atoms with E-state index in [0.29, 0.717) is 19.3 Å². The van der Waals surface area contributed by atoms with Crippen LogP contribution in [0.3, 0.4) is 0 Å². The number of hydrogen-bond donors (Lipinski definition) is 1. The molecule has 1 heterocycles. The second-order valence-corrected chi connectivity index (χ2v) is 13.0. The number of ketones is 2. The molecule has 1 saturated heterocycles. The fourth-order valence-corrected chi connectivity index (χ4v) is 6.50. The Kier molecular flexibility index (Phi) is 8.17. The van der Waals surface area contributed by atoms with Crippen LogP contribution < -0.4 is 5.32 Å². The van der Waals surface area contributed by atoms with E-state index in [9.17, 15) is 37.6 Å². The van der Waals surface area contributed by atoms with Crippen molar-refractivity contribution in [2.24, 2.45) is 34.5 Å². The number of likely N-dealkylation sites (tertiary alicyclic amines) is 1. The van der Waals surface area contributed by atoms with Gasteiger partial charge in [0.2, 0.25) is 17.6 Å². The van der Waals surface area contributed by atoms with Crippen molar-refractivity contribution < 1.29 is 32.3 Å². The number of nitrogens with zero attached hydrogens (tertiary/aromatic N) is 2. The summed E-state index contributed by atoms with van der Waals surface area (Å²) in [6.45, 7) is 9.04. The maximum absolute atomic E-state index is 13.7. The fraction of sp³-hybridized carbons (Fsp3) is 0.815. The van der Waals surface area contributed by atoms with E-state index < -0.39 is 53.6 Å². The number of amides is 2. The van der Waals surface area contributed by atoms with Crippen LogP contribution in [0.5, 0.6) is 0 Å². The number of halogens is 3. The first-order chi connectivity index (χ1) is 16.9. The van der Waals surface area contributed by atoms with Crippen molar-refractivity contribution in [1.82, 2.24) is 10.2 Å². The van der Waals surface area contributed by atoms with Crippen molar-refractivity contribution in [1.29, 1.82) is 5.26 Å². The van der Waals surface area contributed by atoms with Gasteiger partial charge in [0.15, 0.2) is 0 Å². The third kappa shape index (κ3) is 6.53. The van der Waals surface area contributed by atoms with Crippen LogP contribution in [0.1, 0.15) is 79.6 Å². The molecule has 0 bridgehead atoms. The first-order valence-electron chi connectivity index (χ1n) is 13.1. The zero-order valence-electron chi connectivity index (χ0n) is 22.3. The Labute approximate surface area is 216 Å². The lowest BCUT2D eigenvalue weighted by Crippen LogP contribution is -2.54. The second kappa shape index (κ2) is 10.4. The van der Waals surface area contributed by atoms with Crippen molar-refractivity contribution in [3.63, 3.8) is 0 Å². The number of rotatable bonds is 7. The van der Waals surface area contributed by atoms with Gasteiger partial charge in [-0.15, -0.1) is 0 Å². The quantitative estimate of drug-likeness (QED) is 0.536. The van der Waals surface area contributed by atoms with Crippen LogP contribution in [-0.2, 0) is 19.2 Å². The van der Waals surface area contributed by atoms with E-state index in [1.165, 1.54) is 4.90 Å². The molecule has 0 spiro atoms. The van der Waals surface area contributed by atoms with Gasteiger partial charge in [-0.2, -0.15) is 18.4 Å². The molecule has 2 aliphatic carbocycles. The highest BCUT2D eigenvalue weighted by Crippen LogP contribution is 2.45. The third-order valence-corrected chi connectivity index (χ3v) is 8.39. The SMILES string of the molecule is CC1(C)CC(=O)[C@H](C[C@@H](C#N)NC(=O)C2[C@H]3CCC[C@H]3CN2C(=O)[C@@H](CC(=O)C(F)(F)F)C(C)(C)C)C1. The van der Waals surface area contributed by atoms with Crippen molar-refractivity contribution in [2.75, 3.05) is 6.54 Å². The Hall–Kier alpha value is -2.44. The van der Waals surface area contributed by atoms with E-state index in [2.05, 4.69) is 11.4 Å². The molecule has 0 aromatic heterocycles. The first kappa shape index (κ1) is 29.1. The van der Waals surface area contributed by atoms with E-state index in [1.54, 1.807) is 20.8 Å². The van der Waals surface area contributed by atoms with Crippen LogP contribution in [0, 0.1) is 45.8 Å². The lowest BCUT2D eigenvalue weighted by atomic mass is 9.76. The van der Waals surface area contributed by atoms with Crippen molar-refractivity contribution >= 4 is 23.4 Å². The zero-order chi connectivity index (χ0) is 27.9. The summed E-state index contributed by atoms with van der Waals surface area (Å²) in [6, 6.07) is 0.230. The lowest BCUT2D eigenvalue weighted by Gasteiger charge is -2.36. The van der Waals surface area contributed by atoms with Gasteiger partial charge >= 0.3 is 6.18 Å². The van der Waals surface area contributed by atoms with Gasteiger partial charge < -0.3 is 10.2 Å². The minimum absolute atomic E-state index is 0.0383. The number of hydrogen-bond acceptors (Lipinski definition) is 5. The molecule has 1 aliphatic heterocycles. The van der Waals surface area contributed by atoms with Gasteiger partial charge in [0.05, 0.1) is 12.0 Å². The average Bonchev–Trinajstić information content (AvgIpc) is 3.41. The molecule has 3 aliphatic rings. The Morgan fingerprint density at radius 3 is 2.35 bits per heavy atom. The number of carbonyl (C=O) groups excluding carboxylic acids is 4. The van der Waals surface area contributed by atoms with Gasteiger partial charge in [0.25, 0.3) is 0 Å². The molecule has 6 atom stereocenters. The van der Waals surface area contributed by atoms with Crippen LogP contribution in [0.15, 0.2) is 0 Å². The highest BCUT2D eigenvalue weighted by molar-refractivity contribution is 5.93. The Bertz CT molecular complexity index is 979. The van der Waals surface area contributed by atoms with E-state index in [-0.39, 0.29) is 41.9 Å². The number of carbonyl (C=O) groups is 4. The van der Waals surface area contributed by atoms with Gasteiger partial charge in [0, 0.05) is 25.3 Å². The van der Waals surface area contributed by atoms with E-state index >= 15 is 0 Å². The minimum atomic E-state index is -5.05. The van der Waals surface area contributed by atoms with Crippen LogP contribution in [0.4, 0.5) is 13.2 Å². The van der Waals surface area contributed by atoms with E-state index in [1.807, 2.05) is 13.8 Å². The minimum Gasteiger partial charge on any atom is -0.339 e. The fourth-order valence-electron chi connectivity index (χ4n) is 6.50. The van der Waals surface area contributed by atoms with Crippen molar-refractivity contribution in [2.45, 2.75) is 97.8 Å². The molecule has 0 radical (unpaired) electrons. The predicted molar refractivity (Wildman–Crippen MR) is 129 cm³/mol. The summed E-state index contributed by atoms with van der Waals surface area (Å²) in [5.74, 6) is -4.76. The van der Waals surface area contributed by atoms with Gasteiger partial charge in [-0.3, -0.25) is 19.2 Å². The van der Waals surface area contributed by atoms with Gasteiger partial charge in [-0.25, -0.2) is 0 Å². The van der Waals surface area contributed by atoms with Crippen molar-refractivity contribution in [3.8, 4) is 6.07 Å². The molecule has 206 valence electrons. The summed E-state index contributed by atoms with van der Waals surface area (Å²) >= 11 is 0. The first-order valence-corrected chi connectivity index (χ1v) is 13.1. The molecule has 0 aromatic rings. The Balaban J connectivity index is 1.80. The Morgan fingerprint density at radius 2 is 1.84 bits per heavy atom. The molecule has 37 heavy (non-hydrogen) atoms. The molecular formula is C27H38F3N3O4. The monoisotopic (exact) mass is 525 g/mol. The topological polar surface area (TPSA) is 107 Å². The summed E-state index contributed by atoms with van der Waals surface area (Å²) in [5, 5.41) is 12.5. The molecule has 2 saturated carbocycles. The molecule has 3 rings (SSSR count). The van der Waals surface area contributed by atoms with Gasteiger partial charge in [-0.1, -0.05) is 41.0 Å². The van der Waals surface area contributed by atoms with E-state index in [4.69, 9.17) is 0 Å². The van der Waals surface area contributed by atoms with E-state index in [0.717, 1.165) is 12.8 Å². The molecule has 3 fully saturated rings. The highest BCUT2D eigenvalue weighted by Gasteiger charge is 2.53. The normalized spacial score (nSPS) is 28.9. The summed E-state index contributed by atoms with van der Waals surface area (Å²) in [7, 11) is 0. The number of nitrogens with one attached hydrogen (secondary N) is 1. The molecule has 10 heteroatoms. The molecule has 7 nitrogen and oxygen atoms in total. The largest absolute Gasteiger partial charge is 0.449 e. The van der Waals surface area contributed by atoms with Gasteiger partial charge in [0.1, 0.15) is 17.9 Å². The third-order valence-electron chi connectivity index (χ3n) is 8.39. The molecule has 2 amide bonds. The number of Topliss-reactive ketones (excluding diaryl/α,β-unsaturated/α-hetero) is 2. The number of nitriles is 1. The Morgan fingerprint density at radius 1 is 1.19 bits per heavy atom.